The van der Waals surface area contributed by atoms with Crippen LogP contribution < -0.4 is 5.32 Å². The van der Waals surface area contributed by atoms with Gasteiger partial charge in [-0.15, -0.1) is 24.8 Å². The van der Waals surface area contributed by atoms with Crippen LogP contribution in [0.2, 0.25) is 0 Å². The molecule has 2 fully saturated rings. The van der Waals surface area contributed by atoms with Crippen LogP contribution in [0.3, 0.4) is 0 Å². The minimum atomic E-state index is -0.416. The van der Waals surface area contributed by atoms with Gasteiger partial charge in [-0.3, -0.25) is 9.69 Å². The first-order valence-electron chi connectivity index (χ1n) is 9.19. The van der Waals surface area contributed by atoms with Gasteiger partial charge in [0, 0.05) is 26.2 Å². The molecule has 0 saturated carbocycles. The molecule has 0 bridgehead atoms. The highest BCUT2D eigenvalue weighted by Gasteiger charge is 2.34. The molecule has 8 heteroatoms. The lowest BCUT2D eigenvalue weighted by Crippen LogP contribution is -2.49. The van der Waals surface area contributed by atoms with E-state index in [4.69, 9.17) is 4.74 Å². The first kappa shape index (κ1) is 24.1. The predicted octanol–water partition coefficient (Wildman–Crippen LogP) is 2.50. The summed E-state index contributed by atoms with van der Waals surface area (Å²) >= 11 is 0. The van der Waals surface area contributed by atoms with Gasteiger partial charge in [-0.1, -0.05) is 12.1 Å². The zero-order chi connectivity index (χ0) is 17.6. The summed E-state index contributed by atoms with van der Waals surface area (Å²) in [7, 11) is 1.97. The van der Waals surface area contributed by atoms with Gasteiger partial charge in [-0.05, 0) is 50.0 Å². The lowest BCUT2D eigenvalue weighted by molar-refractivity contribution is -0.140. The maximum atomic E-state index is 13.8. The van der Waals surface area contributed by atoms with Gasteiger partial charge in [0.15, 0.2) is 0 Å². The molecule has 27 heavy (non-hydrogen) atoms. The van der Waals surface area contributed by atoms with Gasteiger partial charge in [0.2, 0.25) is 5.91 Å². The predicted molar refractivity (Wildman–Crippen MR) is 109 cm³/mol. The summed E-state index contributed by atoms with van der Waals surface area (Å²) in [5.41, 5.74) is 0.740. The molecule has 2 aliphatic heterocycles. The van der Waals surface area contributed by atoms with E-state index in [1.54, 1.807) is 6.07 Å². The molecule has 3 rings (SSSR count). The van der Waals surface area contributed by atoms with Crippen molar-refractivity contribution < 1.29 is 13.9 Å². The van der Waals surface area contributed by atoms with Crippen LogP contribution in [0.25, 0.3) is 0 Å². The van der Waals surface area contributed by atoms with Gasteiger partial charge in [-0.2, -0.15) is 0 Å². The van der Waals surface area contributed by atoms with Crippen molar-refractivity contribution in [2.45, 2.75) is 18.9 Å². The molecule has 5 nitrogen and oxygen atoms in total. The Morgan fingerprint density at radius 3 is 2.48 bits per heavy atom. The summed E-state index contributed by atoms with van der Waals surface area (Å²) in [5.74, 6) is 0.428. The standard InChI is InChI=1S/C19H28FN3O2.2ClH/c1-21-14-15-5-7-23(8-6-15)19(24)18(22-9-11-25-12-10-22)16-3-2-4-17(20)13-16;;/h2-4,13,15,18,21H,5-12,14H2,1H3;2*1H. The highest BCUT2D eigenvalue weighted by Crippen LogP contribution is 2.27. The van der Waals surface area contributed by atoms with Gasteiger partial charge < -0.3 is 15.0 Å². The van der Waals surface area contributed by atoms with E-state index in [1.807, 2.05) is 18.0 Å². The summed E-state index contributed by atoms with van der Waals surface area (Å²) in [6.45, 7) is 5.18. The first-order valence-corrected chi connectivity index (χ1v) is 9.19. The van der Waals surface area contributed by atoms with Crippen molar-refractivity contribution in [1.29, 1.82) is 0 Å². The van der Waals surface area contributed by atoms with Crippen molar-refractivity contribution in [3.05, 3.63) is 35.6 Å². The van der Waals surface area contributed by atoms with Crippen molar-refractivity contribution in [2.75, 3.05) is 53.0 Å². The number of nitrogens with one attached hydrogen (secondary N) is 1. The highest BCUT2D eigenvalue weighted by molar-refractivity contribution is 5.85. The second-order valence-electron chi connectivity index (χ2n) is 6.93. The number of rotatable bonds is 5. The number of ether oxygens (including phenoxy) is 1. The number of halogens is 3. The quantitative estimate of drug-likeness (QED) is 0.792. The third-order valence-electron chi connectivity index (χ3n) is 5.23. The minimum absolute atomic E-state index is 0. The molecule has 1 atom stereocenters. The molecule has 1 unspecified atom stereocenters. The van der Waals surface area contributed by atoms with Crippen LogP contribution in [0.15, 0.2) is 24.3 Å². The second kappa shape index (κ2) is 11.8. The second-order valence-corrected chi connectivity index (χ2v) is 6.93. The third-order valence-corrected chi connectivity index (χ3v) is 5.23. The van der Waals surface area contributed by atoms with Gasteiger partial charge in [0.1, 0.15) is 11.9 Å². The Hall–Kier alpha value is -0.920. The fourth-order valence-corrected chi connectivity index (χ4v) is 3.84. The average Bonchev–Trinajstić information content (AvgIpc) is 2.64. The lowest BCUT2D eigenvalue weighted by Gasteiger charge is -2.39. The number of carbonyl (C=O) groups excluding carboxylic acids is 1. The molecule has 2 heterocycles. The smallest absolute Gasteiger partial charge is 0.244 e. The van der Waals surface area contributed by atoms with Crippen molar-refractivity contribution in [3.63, 3.8) is 0 Å². The Morgan fingerprint density at radius 1 is 1.22 bits per heavy atom. The van der Waals surface area contributed by atoms with E-state index in [-0.39, 0.29) is 36.5 Å². The summed E-state index contributed by atoms with van der Waals surface area (Å²) < 4.78 is 19.2. The maximum Gasteiger partial charge on any atom is 0.244 e. The van der Waals surface area contributed by atoms with Crippen LogP contribution >= 0.6 is 24.8 Å². The number of hydrogen-bond acceptors (Lipinski definition) is 4. The van der Waals surface area contributed by atoms with Crippen molar-refractivity contribution in [1.82, 2.24) is 15.1 Å². The summed E-state index contributed by atoms with van der Waals surface area (Å²) in [4.78, 5) is 17.4. The number of piperidine rings is 1. The lowest BCUT2D eigenvalue weighted by atomic mass is 9.95. The third kappa shape index (κ3) is 6.29. The van der Waals surface area contributed by atoms with Crippen LogP contribution in [-0.2, 0) is 9.53 Å². The van der Waals surface area contributed by atoms with E-state index in [0.29, 0.717) is 32.2 Å². The fourth-order valence-electron chi connectivity index (χ4n) is 3.84. The topological polar surface area (TPSA) is 44.8 Å². The van der Waals surface area contributed by atoms with E-state index < -0.39 is 6.04 Å². The number of amides is 1. The maximum absolute atomic E-state index is 13.8. The molecule has 1 amide bonds. The van der Waals surface area contributed by atoms with E-state index >= 15 is 0 Å². The Balaban J connectivity index is 0.00000182. The number of benzene rings is 1. The van der Waals surface area contributed by atoms with Crippen LogP contribution in [0, 0.1) is 11.7 Å². The average molecular weight is 422 g/mol. The summed E-state index contributed by atoms with van der Waals surface area (Å²) in [6, 6.07) is 6.04. The fraction of sp³-hybridized carbons (Fsp3) is 0.632. The van der Waals surface area contributed by atoms with Crippen molar-refractivity contribution in [3.8, 4) is 0 Å². The Labute approximate surface area is 173 Å². The van der Waals surface area contributed by atoms with Gasteiger partial charge >= 0.3 is 0 Å². The number of morpholine rings is 1. The van der Waals surface area contributed by atoms with E-state index in [9.17, 15) is 9.18 Å². The summed E-state index contributed by atoms with van der Waals surface area (Å²) in [6.07, 6.45) is 2.04. The SMILES string of the molecule is CNCC1CCN(C(=O)C(c2cccc(F)c2)N2CCOCC2)CC1.Cl.Cl. The number of likely N-dealkylation sites (tertiary alicyclic amines) is 1. The van der Waals surface area contributed by atoms with Crippen molar-refractivity contribution >= 4 is 30.7 Å². The van der Waals surface area contributed by atoms with Gasteiger partial charge in [-0.25, -0.2) is 4.39 Å². The largest absolute Gasteiger partial charge is 0.379 e. The molecule has 154 valence electrons. The monoisotopic (exact) mass is 421 g/mol. The molecular weight excluding hydrogens is 392 g/mol. The summed E-state index contributed by atoms with van der Waals surface area (Å²) in [5, 5.41) is 3.22. The van der Waals surface area contributed by atoms with E-state index in [0.717, 1.165) is 38.0 Å². The minimum Gasteiger partial charge on any atom is -0.379 e. The Morgan fingerprint density at radius 2 is 1.89 bits per heavy atom. The zero-order valence-corrected chi connectivity index (χ0v) is 17.4. The molecule has 1 aromatic carbocycles. The van der Waals surface area contributed by atoms with Crippen LogP contribution in [0.4, 0.5) is 4.39 Å². The molecule has 2 saturated heterocycles. The molecule has 2 aliphatic rings. The molecular formula is C19H30Cl2FN3O2. The van der Waals surface area contributed by atoms with Gasteiger partial charge in [0.25, 0.3) is 0 Å². The normalized spacial score (nSPS) is 19.7. The first-order chi connectivity index (χ1) is 12.2. The molecule has 1 aromatic rings. The van der Waals surface area contributed by atoms with E-state index in [1.165, 1.54) is 12.1 Å². The van der Waals surface area contributed by atoms with E-state index in [2.05, 4.69) is 10.2 Å². The highest BCUT2D eigenvalue weighted by atomic mass is 35.5. The molecule has 0 aromatic heterocycles. The molecule has 0 radical (unpaired) electrons. The number of hydrogen-bond donors (Lipinski definition) is 1. The molecule has 1 N–H and O–H groups in total. The van der Waals surface area contributed by atoms with Crippen molar-refractivity contribution in [2.24, 2.45) is 5.92 Å². The number of carbonyl (C=O) groups is 1. The molecule has 0 aliphatic carbocycles. The Kier molecular flexibility index (Phi) is 10.6. The van der Waals surface area contributed by atoms with Gasteiger partial charge in [0.05, 0.1) is 13.2 Å². The Bertz CT molecular complexity index is 580. The molecule has 0 spiro atoms. The zero-order valence-electron chi connectivity index (χ0n) is 15.7. The number of nitrogens with zero attached hydrogens (tertiary/aromatic N) is 2. The van der Waals surface area contributed by atoms with Crippen LogP contribution in [0.1, 0.15) is 24.4 Å². The van der Waals surface area contributed by atoms with Crippen LogP contribution in [-0.4, -0.2) is 68.7 Å². The van der Waals surface area contributed by atoms with Crippen LogP contribution in [0.5, 0.6) is 0 Å².